The number of nitrogens with zero attached hydrogens (tertiary/aromatic N) is 1. The van der Waals surface area contributed by atoms with Gasteiger partial charge in [-0.2, -0.15) is 0 Å². The monoisotopic (exact) mass is 343 g/mol. The standard InChI is InChI=1S/C15H19BrFNO2/c1-20-13-8-5-7-12(17)14(13)15(19)18-9-4-2-3-6-11(18)10-16/h5,7-8,11H,2-4,6,9-10H2,1H3. The quantitative estimate of drug-likeness (QED) is 0.784. The molecule has 1 fully saturated rings. The maximum atomic E-state index is 14.0. The molecule has 1 heterocycles. The fourth-order valence-corrected chi connectivity index (χ4v) is 3.30. The molecule has 1 aromatic carbocycles. The second-order valence-electron chi connectivity index (χ2n) is 4.97. The van der Waals surface area contributed by atoms with Crippen molar-refractivity contribution in [2.45, 2.75) is 31.7 Å². The molecule has 0 aliphatic carbocycles. The van der Waals surface area contributed by atoms with E-state index >= 15 is 0 Å². The van der Waals surface area contributed by atoms with E-state index in [1.165, 1.54) is 13.2 Å². The van der Waals surface area contributed by atoms with Crippen LogP contribution in [0.5, 0.6) is 5.75 Å². The van der Waals surface area contributed by atoms with Crippen molar-refractivity contribution in [3.05, 3.63) is 29.6 Å². The van der Waals surface area contributed by atoms with Gasteiger partial charge in [0.05, 0.1) is 7.11 Å². The molecule has 0 saturated carbocycles. The van der Waals surface area contributed by atoms with Gasteiger partial charge >= 0.3 is 0 Å². The Balaban J connectivity index is 2.33. The lowest BCUT2D eigenvalue weighted by Gasteiger charge is -2.29. The summed E-state index contributed by atoms with van der Waals surface area (Å²) >= 11 is 3.46. The normalized spacial score (nSPS) is 19.6. The minimum Gasteiger partial charge on any atom is -0.496 e. The Bertz CT molecular complexity index is 481. The summed E-state index contributed by atoms with van der Waals surface area (Å²) in [6.07, 6.45) is 4.13. The third-order valence-electron chi connectivity index (χ3n) is 3.73. The molecule has 0 aromatic heterocycles. The van der Waals surface area contributed by atoms with Gasteiger partial charge in [-0.25, -0.2) is 4.39 Å². The van der Waals surface area contributed by atoms with Crippen LogP contribution in [0.3, 0.4) is 0 Å². The zero-order chi connectivity index (χ0) is 14.5. The molecule has 0 N–H and O–H groups in total. The molecule has 1 aliphatic rings. The number of carbonyl (C=O) groups is 1. The van der Waals surface area contributed by atoms with Crippen LogP contribution in [0.1, 0.15) is 36.0 Å². The molecule has 1 saturated heterocycles. The number of benzene rings is 1. The minimum absolute atomic E-state index is 0.0443. The zero-order valence-electron chi connectivity index (χ0n) is 11.6. The number of ether oxygens (including phenoxy) is 1. The SMILES string of the molecule is COc1cccc(F)c1C(=O)N1CCCCCC1CBr. The average molecular weight is 344 g/mol. The fourth-order valence-electron chi connectivity index (χ4n) is 2.63. The Hall–Kier alpha value is -1.10. The maximum absolute atomic E-state index is 14.0. The average Bonchev–Trinajstić information content (AvgIpc) is 2.71. The number of alkyl halides is 1. The highest BCUT2D eigenvalue weighted by Gasteiger charge is 2.29. The summed E-state index contributed by atoms with van der Waals surface area (Å²) in [5.74, 6) is -0.495. The van der Waals surface area contributed by atoms with E-state index in [1.807, 2.05) is 0 Å². The van der Waals surface area contributed by atoms with Gasteiger partial charge in [-0.05, 0) is 25.0 Å². The van der Waals surface area contributed by atoms with E-state index < -0.39 is 5.82 Å². The second-order valence-corrected chi connectivity index (χ2v) is 5.62. The molecule has 1 unspecified atom stereocenters. The molecule has 1 aliphatic heterocycles. The Morgan fingerprint density at radius 2 is 2.25 bits per heavy atom. The lowest BCUT2D eigenvalue weighted by molar-refractivity contribution is 0.0694. The summed E-state index contributed by atoms with van der Waals surface area (Å²) in [7, 11) is 1.45. The number of likely N-dealkylation sites (tertiary alicyclic amines) is 1. The van der Waals surface area contributed by atoms with Crippen LogP contribution in [0.25, 0.3) is 0 Å². The van der Waals surface area contributed by atoms with E-state index in [0.29, 0.717) is 12.3 Å². The molecule has 1 atom stereocenters. The summed E-state index contributed by atoms with van der Waals surface area (Å²) in [6.45, 7) is 0.673. The molecule has 2 rings (SSSR count). The van der Waals surface area contributed by atoms with Crippen LogP contribution < -0.4 is 4.74 Å². The summed E-state index contributed by atoms with van der Waals surface area (Å²) in [6, 6.07) is 4.60. The number of halogens is 2. The Labute approximate surface area is 127 Å². The van der Waals surface area contributed by atoms with Crippen LogP contribution in [-0.4, -0.2) is 35.8 Å². The molecular formula is C15H19BrFNO2. The molecular weight excluding hydrogens is 325 g/mol. The highest BCUT2D eigenvalue weighted by molar-refractivity contribution is 9.09. The van der Waals surface area contributed by atoms with Crippen LogP contribution >= 0.6 is 15.9 Å². The van der Waals surface area contributed by atoms with Gasteiger partial charge < -0.3 is 9.64 Å². The third-order valence-corrected chi connectivity index (χ3v) is 4.47. The van der Waals surface area contributed by atoms with Gasteiger partial charge in [0.1, 0.15) is 17.1 Å². The number of methoxy groups -OCH3 is 1. The minimum atomic E-state index is -0.521. The van der Waals surface area contributed by atoms with Crippen molar-refractivity contribution in [1.82, 2.24) is 4.90 Å². The van der Waals surface area contributed by atoms with E-state index in [9.17, 15) is 9.18 Å². The van der Waals surface area contributed by atoms with Crippen LogP contribution in [0, 0.1) is 5.82 Å². The van der Waals surface area contributed by atoms with Crippen LogP contribution in [0.2, 0.25) is 0 Å². The largest absolute Gasteiger partial charge is 0.496 e. The maximum Gasteiger partial charge on any atom is 0.260 e. The number of rotatable bonds is 3. The van der Waals surface area contributed by atoms with Gasteiger partial charge in [-0.1, -0.05) is 34.8 Å². The Morgan fingerprint density at radius 3 is 2.95 bits per heavy atom. The van der Waals surface area contributed by atoms with Crippen molar-refractivity contribution in [3.63, 3.8) is 0 Å². The van der Waals surface area contributed by atoms with Crippen molar-refractivity contribution in [3.8, 4) is 5.75 Å². The van der Waals surface area contributed by atoms with Gasteiger partial charge in [-0.3, -0.25) is 4.79 Å². The fraction of sp³-hybridized carbons (Fsp3) is 0.533. The van der Waals surface area contributed by atoms with E-state index in [2.05, 4.69) is 15.9 Å². The summed E-state index contributed by atoms with van der Waals surface area (Å²) in [4.78, 5) is 14.5. The zero-order valence-corrected chi connectivity index (χ0v) is 13.2. The van der Waals surface area contributed by atoms with Crippen LogP contribution in [-0.2, 0) is 0 Å². The number of hydrogen-bond donors (Lipinski definition) is 0. The first-order valence-electron chi connectivity index (χ1n) is 6.88. The Kier molecular flexibility index (Phi) is 5.40. The van der Waals surface area contributed by atoms with Crippen molar-refractivity contribution >= 4 is 21.8 Å². The van der Waals surface area contributed by atoms with E-state index in [1.54, 1.807) is 17.0 Å². The van der Waals surface area contributed by atoms with Crippen molar-refractivity contribution < 1.29 is 13.9 Å². The highest BCUT2D eigenvalue weighted by atomic mass is 79.9. The summed E-state index contributed by atoms with van der Waals surface area (Å²) in [5, 5.41) is 0.718. The molecule has 1 amide bonds. The Morgan fingerprint density at radius 1 is 1.45 bits per heavy atom. The van der Waals surface area contributed by atoms with Crippen molar-refractivity contribution in [2.75, 3.05) is 19.0 Å². The second kappa shape index (κ2) is 7.07. The first-order chi connectivity index (χ1) is 9.69. The van der Waals surface area contributed by atoms with E-state index in [-0.39, 0.29) is 17.5 Å². The van der Waals surface area contributed by atoms with E-state index in [0.717, 1.165) is 31.0 Å². The van der Waals surface area contributed by atoms with Crippen LogP contribution in [0.4, 0.5) is 4.39 Å². The lowest BCUT2D eigenvalue weighted by atomic mass is 10.1. The molecule has 1 aromatic rings. The van der Waals surface area contributed by atoms with Crippen LogP contribution in [0.15, 0.2) is 18.2 Å². The first-order valence-corrected chi connectivity index (χ1v) is 8.00. The topological polar surface area (TPSA) is 29.5 Å². The number of amides is 1. The molecule has 20 heavy (non-hydrogen) atoms. The highest BCUT2D eigenvalue weighted by Crippen LogP contribution is 2.26. The lowest BCUT2D eigenvalue weighted by Crippen LogP contribution is -2.41. The van der Waals surface area contributed by atoms with Gasteiger partial charge in [0.25, 0.3) is 5.91 Å². The molecule has 110 valence electrons. The third kappa shape index (κ3) is 3.14. The van der Waals surface area contributed by atoms with Gasteiger partial charge in [0, 0.05) is 17.9 Å². The van der Waals surface area contributed by atoms with Gasteiger partial charge in [0.15, 0.2) is 0 Å². The molecule has 5 heteroatoms. The predicted octanol–water partition coefficient (Wildman–Crippen LogP) is 3.61. The van der Waals surface area contributed by atoms with Crippen molar-refractivity contribution in [2.24, 2.45) is 0 Å². The molecule has 0 radical (unpaired) electrons. The number of carbonyl (C=O) groups excluding carboxylic acids is 1. The van der Waals surface area contributed by atoms with Gasteiger partial charge in [0.2, 0.25) is 0 Å². The summed E-state index contributed by atoms with van der Waals surface area (Å²) in [5.41, 5.74) is 0.0443. The van der Waals surface area contributed by atoms with Gasteiger partial charge in [-0.15, -0.1) is 0 Å². The first kappa shape index (κ1) is 15.3. The number of hydrogen-bond acceptors (Lipinski definition) is 2. The predicted molar refractivity (Wildman–Crippen MR) is 80.0 cm³/mol. The molecule has 3 nitrogen and oxygen atoms in total. The van der Waals surface area contributed by atoms with Crippen molar-refractivity contribution in [1.29, 1.82) is 0 Å². The smallest absolute Gasteiger partial charge is 0.260 e. The molecule has 0 bridgehead atoms. The van der Waals surface area contributed by atoms with E-state index in [4.69, 9.17) is 4.74 Å². The summed E-state index contributed by atoms with van der Waals surface area (Å²) < 4.78 is 19.2. The molecule has 0 spiro atoms.